The second kappa shape index (κ2) is 6.22. The number of nitrogens with zero attached hydrogens (tertiary/aromatic N) is 2. The van der Waals surface area contributed by atoms with E-state index >= 15 is 0 Å². The van der Waals surface area contributed by atoms with Crippen molar-refractivity contribution in [2.24, 2.45) is 0 Å². The summed E-state index contributed by atoms with van der Waals surface area (Å²) < 4.78 is 1.69. The van der Waals surface area contributed by atoms with Crippen molar-refractivity contribution in [3.8, 4) is 11.8 Å². The van der Waals surface area contributed by atoms with Crippen LogP contribution in [0.1, 0.15) is 13.8 Å². The Morgan fingerprint density at radius 1 is 1.00 bits per heavy atom. The SMILES string of the molecule is C=CC[N+](C)(C)CC#CC(C)(C)[N+](C)(C)CC=C. The predicted molar refractivity (Wildman–Crippen MR) is 81.1 cm³/mol. The monoisotopic (exact) mass is 250 g/mol. The average molecular weight is 250 g/mol. The van der Waals surface area contributed by atoms with Gasteiger partial charge >= 0.3 is 0 Å². The predicted octanol–water partition coefficient (Wildman–Crippen LogP) is 2.29. The van der Waals surface area contributed by atoms with Gasteiger partial charge in [0.05, 0.1) is 41.3 Å². The fourth-order valence-corrected chi connectivity index (χ4v) is 1.59. The van der Waals surface area contributed by atoms with Crippen LogP contribution in [0.15, 0.2) is 25.3 Å². The fraction of sp³-hybridized carbons (Fsp3) is 0.625. The molecule has 0 atom stereocenters. The smallest absolute Gasteiger partial charge is 0.155 e. The van der Waals surface area contributed by atoms with Gasteiger partial charge in [-0.15, -0.1) is 0 Å². The first-order chi connectivity index (χ1) is 8.08. The van der Waals surface area contributed by atoms with E-state index in [1.54, 1.807) is 0 Å². The van der Waals surface area contributed by atoms with Crippen molar-refractivity contribution >= 4 is 0 Å². The zero-order valence-electron chi connectivity index (χ0n) is 13.1. The molecule has 0 rings (SSSR count). The van der Waals surface area contributed by atoms with E-state index in [0.29, 0.717) is 0 Å². The Balaban J connectivity index is 4.79. The van der Waals surface area contributed by atoms with Gasteiger partial charge in [-0.25, -0.2) is 0 Å². The highest BCUT2D eigenvalue weighted by Gasteiger charge is 2.33. The fourth-order valence-electron chi connectivity index (χ4n) is 1.59. The van der Waals surface area contributed by atoms with Crippen LogP contribution in [-0.2, 0) is 0 Å². The minimum atomic E-state index is -0.0671. The second-order valence-electron chi connectivity index (χ2n) is 6.58. The summed E-state index contributed by atoms with van der Waals surface area (Å²) in [6, 6.07) is 0. The maximum Gasteiger partial charge on any atom is 0.155 e. The van der Waals surface area contributed by atoms with Crippen molar-refractivity contribution in [3.05, 3.63) is 25.3 Å². The summed E-state index contributed by atoms with van der Waals surface area (Å²) in [5.41, 5.74) is -0.0671. The Morgan fingerprint density at radius 2 is 1.50 bits per heavy atom. The molecule has 0 aliphatic carbocycles. The number of likely N-dealkylation sites (N-methyl/N-ethyl adjacent to an activating group) is 2. The molecule has 0 N–H and O–H groups in total. The largest absolute Gasteiger partial charge is 0.315 e. The molecule has 0 spiro atoms. The van der Waals surface area contributed by atoms with Crippen molar-refractivity contribution in [1.29, 1.82) is 0 Å². The summed E-state index contributed by atoms with van der Waals surface area (Å²) in [6.45, 7) is 14.7. The van der Waals surface area contributed by atoms with Gasteiger partial charge in [0.1, 0.15) is 6.54 Å². The first-order valence-corrected chi connectivity index (χ1v) is 6.45. The maximum atomic E-state index is 3.83. The molecule has 0 aliphatic heterocycles. The van der Waals surface area contributed by atoms with Crippen LogP contribution >= 0.6 is 0 Å². The van der Waals surface area contributed by atoms with Gasteiger partial charge in [0, 0.05) is 13.8 Å². The molecule has 0 aromatic rings. The highest BCUT2D eigenvalue weighted by Crippen LogP contribution is 2.18. The molecule has 0 heterocycles. The Morgan fingerprint density at radius 3 is 1.94 bits per heavy atom. The molecule has 102 valence electrons. The highest BCUT2D eigenvalue weighted by molar-refractivity contribution is 5.11. The molecule has 0 fully saturated rings. The van der Waals surface area contributed by atoms with Crippen molar-refractivity contribution in [1.82, 2.24) is 0 Å². The lowest BCUT2D eigenvalue weighted by Gasteiger charge is -2.40. The van der Waals surface area contributed by atoms with Crippen molar-refractivity contribution in [2.45, 2.75) is 19.4 Å². The van der Waals surface area contributed by atoms with Gasteiger partial charge in [-0.3, -0.25) is 0 Å². The summed E-state index contributed by atoms with van der Waals surface area (Å²) in [7, 11) is 8.74. The molecule has 2 nitrogen and oxygen atoms in total. The topological polar surface area (TPSA) is 0 Å². The van der Waals surface area contributed by atoms with Crippen molar-refractivity contribution in [2.75, 3.05) is 47.8 Å². The third kappa shape index (κ3) is 5.08. The average Bonchev–Trinajstić information content (AvgIpc) is 2.16. The first-order valence-electron chi connectivity index (χ1n) is 6.45. The quantitative estimate of drug-likeness (QED) is 0.385. The molecular formula is C16H30N2+2. The summed E-state index contributed by atoms with van der Waals surface area (Å²) in [5.74, 6) is 6.76. The lowest BCUT2D eigenvalue weighted by molar-refractivity contribution is -0.923. The van der Waals surface area contributed by atoms with E-state index in [2.05, 4.69) is 67.0 Å². The molecule has 0 aromatic carbocycles. The molecule has 0 amide bonds. The van der Waals surface area contributed by atoms with E-state index in [1.165, 1.54) is 0 Å². The van der Waals surface area contributed by atoms with E-state index in [4.69, 9.17) is 0 Å². The second-order valence-corrected chi connectivity index (χ2v) is 6.58. The van der Waals surface area contributed by atoms with Gasteiger partial charge in [-0.1, -0.05) is 13.2 Å². The number of rotatable bonds is 6. The lowest BCUT2D eigenvalue weighted by atomic mass is 10.0. The van der Waals surface area contributed by atoms with Crippen LogP contribution in [-0.4, -0.2) is 62.3 Å². The molecule has 0 unspecified atom stereocenters. The maximum absolute atomic E-state index is 3.83. The third-order valence-electron chi connectivity index (χ3n) is 3.62. The van der Waals surface area contributed by atoms with E-state index in [1.807, 2.05) is 12.2 Å². The molecule has 0 bridgehead atoms. The molecular weight excluding hydrogens is 220 g/mol. The first kappa shape index (κ1) is 17.0. The van der Waals surface area contributed by atoms with Gasteiger partial charge in [-0.05, 0) is 24.0 Å². The molecule has 18 heavy (non-hydrogen) atoms. The van der Waals surface area contributed by atoms with Gasteiger partial charge in [0.2, 0.25) is 0 Å². The standard InChI is InChI=1S/C16H30N2/c1-9-13-17(5,6)15-11-12-16(3,4)18(7,8)14-10-2/h9-10H,1-2,13-15H2,3-8H3/q+2. The van der Waals surface area contributed by atoms with Crippen molar-refractivity contribution in [3.63, 3.8) is 0 Å². The van der Waals surface area contributed by atoms with Crippen LogP contribution in [0.3, 0.4) is 0 Å². The van der Waals surface area contributed by atoms with Crippen molar-refractivity contribution < 1.29 is 8.97 Å². The van der Waals surface area contributed by atoms with Gasteiger partial charge in [0.25, 0.3) is 0 Å². The Hall–Kier alpha value is -1.04. The van der Waals surface area contributed by atoms with E-state index < -0.39 is 0 Å². The summed E-state index contributed by atoms with van der Waals surface area (Å²) in [4.78, 5) is 0. The Labute approximate surface area is 114 Å². The van der Waals surface area contributed by atoms with Gasteiger partial charge in [-0.2, -0.15) is 0 Å². The highest BCUT2D eigenvalue weighted by atomic mass is 15.4. The Kier molecular flexibility index (Phi) is 5.86. The number of hydrogen-bond acceptors (Lipinski definition) is 0. The normalized spacial score (nSPS) is 12.6. The van der Waals surface area contributed by atoms with Crippen LogP contribution in [0.5, 0.6) is 0 Å². The minimum Gasteiger partial charge on any atom is -0.315 e. The number of quaternary nitrogens is 2. The zero-order chi connectivity index (χ0) is 14.4. The van der Waals surface area contributed by atoms with Crippen LogP contribution in [0.25, 0.3) is 0 Å². The minimum absolute atomic E-state index is 0.0671. The molecule has 0 radical (unpaired) electrons. The number of hydrogen-bond donors (Lipinski definition) is 0. The molecule has 0 aromatic heterocycles. The van der Waals surface area contributed by atoms with Gasteiger partial charge < -0.3 is 8.97 Å². The van der Waals surface area contributed by atoms with E-state index in [0.717, 1.165) is 28.6 Å². The molecule has 2 heteroatoms. The molecule has 0 aliphatic rings. The summed E-state index contributed by atoms with van der Waals surface area (Å²) in [5, 5.41) is 0. The van der Waals surface area contributed by atoms with Crippen LogP contribution in [0, 0.1) is 11.8 Å². The summed E-state index contributed by atoms with van der Waals surface area (Å²) in [6.07, 6.45) is 3.91. The van der Waals surface area contributed by atoms with Crippen LogP contribution < -0.4 is 0 Å². The van der Waals surface area contributed by atoms with Crippen LogP contribution in [0.2, 0.25) is 0 Å². The molecule has 0 saturated carbocycles. The Bertz CT molecular complexity index is 351. The third-order valence-corrected chi connectivity index (χ3v) is 3.62. The van der Waals surface area contributed by atoms with Gasteiger partial charge in [0.15, 0.2) is 5.54 Å². The molecule has 0 saturated heterocycles. The lowest BCUT2D eigenvalue weighted by Crippen LogP contribution is -2.55. The zero-order valence-corrected chi connectivity index (χ0v) is 13.1. The van der Waals surface area contributed by atoms with E-state index in [-0.39, 0.29) is 5.54 Å². The van der Waals surface area contributed by atoms with Crippen LogP contribution in [0.4, 0.5) is 0 Å². The van der Waals surface area contributed by atoms with E-state index in [9.17, 15) is 0 Å². The summed E-state index contributed by atoms with van der Waals surface area (Å²) >= 11 is 0.